The number of imidazole rings is 1. The molecule has 1 heterocycles. The Bertz CT molecular complexity index is 357. The predicted molar refractivity (Wildman–Crippen MR) is 53.7 cm³/mol. The molecule has 0 saturated heterocycles. The van der Waals surface area contributed by atoms with Crippen LogP contribution in [0.1, 0.15) is 11.1 Å². The number of aliphatic hydroxyl groups excluding tert-OH is 1. The first-order valence-corrected chi connectivity index (χ1v) is 4.12. The maximum atomic E-state index is 7.00. The average Bonchev–Trinajstić information content (AvgIpc) is 2.56. The second-order valence-electron chi connectivity index (χ2n) is 2.86. The molecule has 0 spiro atoms. The van der Waals surface area contributed by atoms with Crippen molar-refractivity contribution in [2.45, 2.75) is 13.8 Å². The second-order valence-corrected chi connectivity index (χ2v) is 2.86. The largest absolute Gasteiger partial charge is 0.400 e. The monoisotopic (exact) mass is 178 g/mol. The van der Waals surface area contributed by atoms with Crippen molar-refractivity contribution in [3.8, 4) is 0 Å². The number of rotatable bonds is 0. The lowest BCUT2D eigenvalue weighted by Gasteiger charge is -1.97. The smallest absolute Gasteiger partial charge is 0.0931 e. The number of hydrogen-bond acceptors (Lipinski definition) is 2. The summed E-state index contributed by atoms with van der Waals surface area (Å²) >= 11 is 0. The van der Waals surface area contributed by atoms with Gasteiger partial charge in [0.25, 0.3) is 0 Å². The molecule has 0 radical (unpaired) electrons. The molecule has 2 rings (SSSR count). The summed E-state index contributed by atoms with van der Waals surface area (Å²) < 4.78 is 0. The maximum Gasteiger partial charge on any atom is 0.0931 e. The van der Waals surface area contributed by atoms with Gasteiger partial charge in [0, 0.05) is 7.11 Å². The Balaban J connectivity index is 0.000000396. The second kappa shape index (κ2) is 4.05. The number of nitrogens with one attached hydrogen (secondary N) is 1. The molecule has 70 valence electrons. The van der Waals surface area contributed by atoms with Gasteiger partial charge in [0.15, 0.2) is 0 Å². The summed E-state index contributed by atoms with van der Waals surface area (Å²) in [5, 5.41) is 7.00. The van der Waals surface area contributed by atoms with E-state index in [1.165, 1.54) is 11.1 Å². The van der Waals surface area contributed by atoms with Crippen LogP contribution < -0.4 is 0 Å². The van der Waals surface area contributed by atoms with Gasteiger partial charge in [-0.2, -0.15) is 0 Å². The van der Waals surface area contributed by atoms with E-state index < -0.39 is 0 Å². The maximum absolute atomic E-state index is 7.00. The van der Waals surface area contributed by atoms with Crippen molar-refractivity contribution in [2.75, 3.05) is 7.11 Å². The molecule has 0 aliphatic heterocycles. The van der Waals surface area contributed by atoms with Gasteiger partial charge in [-0.3, -0.25) is 0 Å². The number of aryl methyl sites for hydroxylation is 2. The molecule has 0 fully saturated rings. The predicted octanol–water partition coefficient (Wildman–Crippen LogP) is 1.79. The molecule has 2 N–H and O–H groups in total. The van der Waals surface area contributed by atoms with Gasteiger partial charge >= 0.3 is 0 Å². The zero-order chi connectivity index (χ0) is 9.84. The Hall–Kier alpha value is -1.35. The minimum Gasteiger partial charge on any atom is -0.400 e. The molecular formula is C10H14N2O. The van der Waals surface area contributed by atoms with Gasteiger partial charge in [-0.05, 0) is 37.1 Å². The molecule has 0 amide bonds. The Morgan fingerprint density at radius 3 is 2.46 bits per heavy atom. The fourth-order valence-corrected chi connectivity index (χ4v) is 1.19. The van der Waals surface area contributed by atoms with E-state index in [4.69, 9.17) is 5.11 Å². The van der Waals surface area contributed by atoms with Crippen LogP contribution in [0.15, 0.2) is 18.5 Å². The molecule has 0 saturated carbocycles. The number of nitrogens with zero attached hydrogens (tertiary/aromatic N) is 1. The zero-order valence-corrected chi connectivity index (χ0v) is 8.13. The van der Waals surface area contributed by atoms with E-state index in [0.717, 1.165) is 18.1 Å². The van der Waals surface area contributed by atoms with E-state index in [0.29, 0.717) is 0 Å². The zero-order valence-electron chi connectivity index (χ0n) is 8.13. The van der Waals surface area contributed by atoms with Crippen LogP contribution in [-0.4, -0.2) is 22.2 Å². The Kier molecular flexibility index (Phi) is 3.03. The third kappa shape index (κ3) is 1.87. The van der Waals surface area contributed by atoms with Gasteiger partial charge in [-0.25, -0.2) is 4.98 Å². The molecule has 2 aromatic rings. The van der Waals surface area contributed by atoms with E-state index in [2.05, 4.69) is 35.9 Å². The first-order valence-electron chi connectivity index (χ1n) is 4.12. The van der Waals surface area contributed by atoms with Crippen LogP contribution in [0.5, 0.6) is 0 Å². The highest BCUT2D eigenvalue weighted by atomic mass is 16.2. The topological polar surface area (TPSA) is 48.9 Å². The van der Waals surface area contributed by atoms with Gasteiger partial charge in [0.2, 0.25) is 0 Å². The lowest BCUT2D eigenvalue weighted by atomic mass is 10.1. The number of hydrogen-bond donors (Lipinski definition) is 2. The number of aliphatic hydroxyl groups is 1. The van der Waals surface area contributed by atoms with E-state index >= 15 is 0 Å². The lowest BCUT2D eigenvalue weighted by molar-refractivity contribution is 0.399. The van der Waals surface area contributed by atoms with Gasteiger partial charge < -0.3 is 10.1 Å². The third-order valence-corrected chi connectivity index (χ3v) is 2.04. The average molecular weight is 178 g/mol. The quantitative estimate of drug-likeness (QED) is 0.646. The first-order chi connectivity index (χ1) is 6.27. The fourth-order valence-electron chi connectivity index (χ4n) is 1.19. The summed E-state index contributed by atoms with van der Waals surface area (Å²) in [7, 11) is 1.00. The standard InChI is InChI=1S/C9H10N2.CH4O/c1-6-3-8-9(4-7(6)2)11-5-10-8;1-2/h3-5H,1-2H3,(H,10,11);2H,1H3. The highest BCUT2D eigenvalue weighted by Crippen LogP contribution is 2.14. The molecule has 0 aliphatic carbocycles. The molecule has 3 heteroatoms. The van der Waals surface area contributed by atoms with Crippen molar-refractivity contribution < 1.29 is 5.11 Å². The number of aromatic nitrogens is 2. The summed E-state index contributed by atoms with van der Waals surface area (Å²) in [4.78, 5) is 7.24. The number of H-pyrrole nitrogens is 1. The molecule has 3 nitrogen and oxygen atoms in total. The summed E-state index contributed by atoms with van der Waals surface area (Å²) in [5.74, 6) is 0. The molecule has 1 aromatic heterocycles. The SMILES string of the molecule is CO.Cc1cc2nc[nH]c2cc1C. The molecule has 0 aliphatic rings. The number of aromatic amines is 1. The summed E-state index contributed by atoms with van der Waals surface area (Å²) in [6, 6.07) is 4.22. The highest BCUT2D eigenvalue weighted by molar-refractivity contribution is 5.76. The van der Waals surface area contributed by atoms with Crippen LogP contribution in [0, 0.1) is 13.8 Å². The molecular weight excluding hydrogens is 164 g/mol. The molecule has 13 heavy (non-hydrogen) atoms. The van der Waals surface area contributed by atoms with E-state index in [1.54, 1.807) is 6.33 Å². The normalized spacial score (nSPS) is 9.54. The summed E-state index contributed by atoms with van der Waals surface area (Å²) in [5.41, 5.74) is 4.77. The van der Waals surface area contributed by atoms with E-state index in [1.807, 2.05) is 0 Å². The van der Waals surface area contributed by atoms with Crippen LogP contribution in [-0.2, 0) is 0 Å². The van der Waals surface area contributed by atoms with Gasteiger partial charge in [0.1, 0.15) is 0 Å². The van der Waals surface area contributed by atoms with Crippen LogP contribution in [0.3, 0.4) is 0 Å². The van der Waals surface area contributed by atoms with E-state index in [-0.39, 0.29) is 0 Å². The number of fused-ring (bicyclic) bond motifs is 1. The van der Waals surface area contributed by atoms with Crippen LogP contribution in [0.2, 0.25) is 0 Å². The minimum atomic E-state index is 1.00. The highest BCUT2D eigenvalue weighted by Gasteiger charge is 1.97. The van der Waals surface area contributed by atoms with Crippen LogP contribution in [0.4, 0.5) is 0 Å². The molecule has 0 unspecified atom stereocenters. The Morgan fingerprint density at radius 1 is 1.15 bits per heavy atom. The summed E-state index contributed by atoms with van der Waals surface area (Å²) in [6.45, 7) is 4.21. The molecule has 0 bridgehead atoms. The Morgan fingerprint density at radius 2 is 1.77 bits per heavy atom. The molecule has 1 aromatic carbocycles. The third-order valence-electron chi connectivity index (χ3n) is 2.04. The van der Waals surface area contributed by atoms with Crippen molar-refractivity contribution in [1.82, 2.24) is 9.97 Å². The van der Waals surface area contributed by atoms with Crippen molar-refractivity contribution in [2.24, 2.45) is 0 Å². The van der Waals surface area contributed by atoms with E-state index in [9.17, 15) is 0 Å². The molecule has 0 atom stereocenters. The van der Waals surface area contributed by atoms with Crippen molar-refractivity contribution in [1.29, 1.82) is 0 Å². The Labute approximate surface area is 77.4 Å². The van der Waals surface area contributed by atoms with Gasteiger partial charge in [-0.15, -0.1) is 0 Å². The lowest BCUT2D eigenvalue weighted by Crippen LogP contribution is -1.79. The van der Waals surface area contributed by atoms with Crippen LogP contribution >= 0.6 is 0 Å². The summed E-state index contributed by atoms with van der Waals surface area (Å²) in [6.07, 6.45) is 1.73. The van der Waals surface area contributed by atoms with Crippen molar-refractivity contribution in [3.05, 3.63) is 29.6 Å². The van der Waals surface area contributed by atoms with Crippen LogP contribution in [0.25, 0.3) is 11.0 Å². The fraction of sp³-hybridized carbons (Fsp3) is 0.300. The van der Waals surface area contributed by atoms with Crippen molar-refractivity contribution >= 4 is 11.0 Å². The first kappa shape index (κ1) is 9.74. The van der Waals surface area contributed by atoms with Gasteiger partial charge in [0.05, 0.1) is 17.4 Å². The number of benzene rings is 1. The van der Waals surface area contributed by atoms with Gasteiger partial charge in [-0.1, -0.05) is 0 Å². The minimum absolute atomic E-state index is 1.00. The van der Waals surface area contributed by atoms with Crippen molar-refractivity contribution in [3.63, 3.8) is 0 Å².